The molecule has 2 aromatic heterocycles. The van der Waals surface area contributed by atoms with E-state index in [1.807, 2.05) is 6.92 Å². The summed E-state index contributed by atoms with van der Waals surface area (Å²) in [6, 6.07) is 6.27. The van der Waals surface area contributed by atoms with Crippen molar-refractivity contribution in [2.75, 3.05) is 11.9 Å². The Morgan fingerprint density at radius 3 is 2.87 bits per heavy atom. The van der Waals surface area contributed by atoms with Crippen molar-refractivity contribution in [2.24, 2.45) is 0 Å². The van der Waals surface area contributed by atoms with Crippen LogP contribution >= 0.6 is 0 Å². The van der Waals surface area contributed by atoms with Crippen molar-refractivity contribution < 1.29 is 8.91 Å². The average Bonchev–Trinajstić information content (AvgIpc) is 3.21. The highest BCUT2D eigenvalue weighted by Crippen LogP contribution is 2.25. The van der Waals surface area contributed by atoms with Gasteiger partial charge in [0.2, 0.25) is 11.8 Å². The number of rotatable bonds is 3. The van der Waals surface area contributed by atoms with E-state index in [1.54, 1.807) is 16.8 Å². The molecule has 0 spiro atoms. The van der Waals surface area contributed by atoms with E-state index >= 15 is 0 Å². The van der Waals surface area contributed by atoms with Crippen LogP contribution in [0.15, 0.2) is 28.8 Å². The third kappa shape index (κ3) is 2.56. The molecule has 0 saturated carbocycles. The van der Waals surface area contributed by atoms with Crippen molar-refractivity contribution in [3.63, 3.8) is 0 Å². The van der Waals surface area contributed by atoms with E-state index < -0.39 is 0 Å². The van der Waals surface area contributed by atoms with E-state index in [2.05, 4.69) is 25.5 Å². The zero-order chi connectivity index (χ0) is 15.8. The van der Waals surface area contributed by atoms with E-state index in [1.165, 1.54) is 12.1 Å². The SMILES string of the molecule is CC(c1ccc(F)cc1)c1noc(-c2nc3n(n2)CCCN3)n1. The Bertz CT molecular complexity index is 801. The fourth-order valence-corrected chi connectivity index (χ4v) is 2.55. The Hall–Kier alpha value is -2.77. The van der Waals surface area contributed by atoms with Gasteiger partial charge in [-0.25, -0.2) is 9.07 Å². The topological polar surface area (TPSA) is 81.7 Å². The molecule has 3 heterocycles. The van der Waals surface area contributed by atoms with Gasteiger partial charge in [0, 0.05) is 19.0 Å². The second kappa shape index (κ2) is 5.45. The number of hydrogen-bond acceptors (Lipinski definition) is 6. The molecule has 118 valence electrons. The van der Waals surface area contributed by atoms with Crippen molar-refractivity contribution >= 4 is 5.95 Å². The van der Waals surface area contributed by atoms with Crippen LogP contribution < -0.4 is 5.32 Å². The first-order chi connectivity index (χ1) is 11.2. The van der Waals surface area contributed by atoms with Crippen molar-refractivity contribution in [3.05, 3.63) is 41.5 Å². The first-order valence-electron chi connectivity index (χ1n) is 7.49. The van der Waals surface area contributed by atoms with Crippen LogP contribution in [0.4, 0.5) is 10.3 Å². The third-order valence-electron chi connectivity index (χ3n) is 3.89. The summed E-state index contributed by atoms with van der Waals surface area (Å²) in [6.07, 6.45) is 1.01. The number of aromatic nitrogens is 5. The summed E-state index contributed by atoms with van der Waals surface area (Å²) >= 11 is 0. The number of hydrogen-bond donors (Lipinski definition) is 1. The van der Waals surface area contributed by atoms with Crippen LogP contribution in [0.1, 0.15) is 30.7 Å². The number of fused-ring (bicyclic) bond motifs is 1. The number of anilines is 1. The Morgan fingerprint density at radius 2 is 2.09 bits per heavy atom. The highest BCUT2D eigenvalue weighted by atomic mass is 19.1. The monoisotopic (exact) mass is 314 g/mol. The Labute approximate surface area is 131 Å². The van der Waals surface area contributed by atoms with E-state index in [4.69, 9.17) is 4.52 Å². The Morgan fingerprint density at radius 1 is 1.26 bits per heavy atom. The summed E-state index contributed by atoms with van der Waals surface area (Å²) in [5.74, 6) is 1.57. The number of aryl methyl sites for hydroxylation is 1. The van der Waals surface area contributed by atoms with E-state index in [0.29, 0.717) is 11.6 Å². The molecule has 1 aliphatic rings. The van der Waals surface area contributed by atoms with Crippen LogP contribution in [-0.2, 0) is 6.54 Å². The standard InChI is InChI=1S/C15H15FN6O/c1-9(10-3-5-11(16)6-4-10)12-18-14(23-21-12)13-19-15-17-7-2-8-22(15)20-13/h3-6,9H,2,7-8H2,1H3,(H,17,19,20). The quantitative estimate of drug-likeness (QED) is 0.799. The van der Waals surface area contributed by atoms with Crippen molar-refractivity contribution in [1.29, 1.82) is 0 Å². The van der Waals surface area contributed by atoms with Crippen molar-refractivity contribution in [1.82, 2.24) is 24.9 Å². The number of benzene rings is 1. The zero-order valence-corrected chi connectivity index (χ0v) is 12.5. The minimum atomic E-state index is -0.268. The molecule has 1 aliphatic heterocycles. The summed E-state index contributed by atoms with van der Waals surface area (Å²) in [5.41, 5.74) is 0.914. The highest BCUT2D eigenvalue weighted by molar-refractivity contribution is 5.44. The van der Waals surface area contributed by atoms with E-state index in [-0.39, 0.29) is 17.6 Å². The van der Waals surface area contributed by atoms with Gasteiger partial charge in [0.25, 0.3) is 5.89 Å². The molecule has 4 rings (SSSR count). The molecule has 0 saturated heterocycles. The Balaban J connectivity index is 1.61. The zero-order valence-electron chi connectivity index (χ0n) is 12.5. The molecule has 1 N–H and O–H groups in total. The van der Waals surface area contributed by atoms with Crippen LogP contribution in [0, 0.1) is 5.82 Å². The molecule has 3 aromatic rings. The van der Waals surface area contributed by atoms with Gasteiger partial charge in [-0.05, 0) is 24.1 Å². The van der Waals surface area contributed by atoms with Crippen LogP contribution in [0.2, 0.25) is 0 Å². The van der Waals surface area contributed by atoms with Gasteiger partial charge in [0.05, 0.1) is 0 Å². The predicted molar refractivity (Wildman–Crippen MR) is 80.3 cm³/mol. The Kier molecular flexibility index (Phi) is 3.29. The fraction of sp³-hybridized carbons (Fsp3) is 0.333. The highest BCUT2D eigenvalue weighted by Gasteiger charge is 2.21. The number of nitrogens with one attached hydrogen (secondary N) is 1. The largest absolute Gasteiger partial charge is 0.354 e. The molecule has 1 atom stereocenters. The minimum absolute atomic E-state index is 0.108. The van der Waals surface area contributed by atoms with Gasteiger partial charge >= 0.3 is 0 Å². The van der Waals surface area contributed by atoms with E-state index in [0.717, 1.165) is 31.0 Å². The van der Waals surface area contributed by atoms with Crippen LogP contribution in [0.3, 0.4) is 0 Å². The second-order valence-electron chi connectivity index (χ2n) is 5.49. The second-order valence-corrected chi connectivity index (χ2v) is 5.49. The first-order valence-corrected chi connectivity index (χ1v) is 7.49. The molecule has 0 radical (unpaired) electrons. The lowest BCUT2D eigenvalue weighted by atomic mass is 10.0. The predicted octanol–water partition coefficient (Wildman–Crippen LogP) is 2.43. The van der Waals surface area contributed by atoms with Gasteiger partial charge in [-0.15, -0.1) is 5.10 Å². The fourth-order valence-electron chi connectivity index (χ4n) is 2.55. The summed E-state index contributed by atoms with van der Waals surface area (Å²) in [6.45, 7) is 3.65. The lowest BCUT2D eigenvalue weighted by Crippen LogP contribution is -2.17. The molecule has 0 aliphatic carbocycles. The maximum atomic E-state index is 13.0. The van der Waals surface area contributed by atoms with Gasteiger partial charge in [-0.2, -0.15) is 9.97 Å². The summed E-state index contributed by atoms with van der Waals surface area (Å²) in [5, 5.41) is 11.6. The molecule has 8 heteroatoms. The third-order valence-corrected chi connectivity index (χ3v) is 3.89. The summed E-state index contributed by atoms with van der Waals surface area (Å²) in [4.78, 5) is 8.76. The minimum Gasteiger partial charge on any atom is -0.354 e. The van der Waals surface area contributed by atoms with E-state index in [9.17, 15) is 4.39 Å². The number of nitrogens with zero attached hydrogens (tertiary/aromatic N) is 5. The van der Waals surface area contributed by atoms with Gasteiger partial charge in [-0.1, -0.05) is 24.2 Å². The molecular weight excluding hydrogens is 299 g/mol. The molecule has 23 heavy (non-hydrogen) atoms. The van der Waals surface area contributed by atoms with Crippen LogP contribution in [0.25, 0.3) is 11.7 Å². The lowest BCUT2D eigenvalue weighted by molar-refractivity contribution is 0.417. The average molecular weight is 314 g/mol. The van der Waals surface area contributed by atoms with Gasteiger partial charge < -0.3 is 9.84 Å². The molecule has 0 amide bonds. The van der Waals surface area contributed by atoms with Crippen LogP contribution in [-0.4, -0.2) is 31.4 Å². The maximum absolute atomic E-state index is 13.0. The van der Waals surface area contributed by atoms with Crippen LogP contribution in [0.5, 0.6) is 0 Å². The van der Waals surface area contributed by atoms with Gasteiger partial charge in [0.15, 0.2) is 5.82 Å². The smallest absolute Gasteiger partial charge is 0.297 e. The number of halogens is 1. The summed E-state index contributed by atoms with van der Waals surface area (Å²) < 4.78 is 20.1. The first kappa shape index (κ1) is 13.9. The molecule has 7 nitrogen and oxygen atoms in total. The molecule has 0 bridgehead atoms. The van der Waals surface area contributed by atoms with Gasteiger partial charge in [-0.3, -0.25) is 0 Å². The molecule has 1 aromatic carbocycles. The van der Waals surface area contributed by atoms with Crippen molar-refractivity contribution in [2.45, 2.75) is 25.8 Å². The summed E-state index contributed by atoms with van der Waals surface area (Å²) in [7, 11) is 0. The van der Waals surface area contributed by atoms with Crippen molar-refractivity contribution in [3.8, 4) is 11.7 Å². The maximum Gasteiger partial charge on any atom is 0.297 e. The molecule has 1 unspecified atom stereocenters. The van der Waals surface area contributed by atoms with Gasteiger partial charge in [0.1, 0.15) is 5.82 Å². The lowest BCUT2D eigenvalue weighted by Gasteiger charge is -2.12. The normalized spacial score (nSPS) is 15.0. The molecular formula is C15H15FN6O. The molecule has 0 fully saturated rings.